The maximum atomic E-state index is 13.0. The van der Waals surface area contributed by atoms with Crippen LogP contribution in [0.4, 0.5) is 0 Å². The van der Waals surface area contributed by atoms with E-state index in [1.165, 1.54) is 22.7 Å². The highest BCUT2D eigenvalue weighted by atomic mass is 32.2. The fourth-order valence-electron chi connectivity index (χ4n) is 3.01. The minimum Gasteiger partial charge on any atom is -0.336 e. The van der Waals surface area contributed by atoms with Gasteiger partial charge in [-0.05, 0) is 42.1 Å². The molecule has 0 radical (unpaired) electrons. The van der Waals surface area contributed by atoms with E-state index in [0.29, 0.717) is 0 Å². The Morgan fingerprint density at radius 3 is 2.52 bits per heavy atom. The summed E-state index contributed by atoms with van der Waals surface area (Å²) in [4.78, 5) is 17.4. The number of hydrogen-bond acceptors (Lipinski definition) is 6. The van der Waals surface area contributed by atoms with Crippen LogP contribution in [0.3, 0.4) is 0 Å². The highest BCUT2D eigenvalue weighted by Crippen LogP contribution is 2.33. The lowest BCUT2D eigenvalue weighted by atomic mass is 10.1. The molecule has 0 aliphatic carbocycles. The third kappa shape index (κ3) is 4.22. The molecule has 2 aromatic rings. The standard InChI is InChI=1S/C18H23N3OS3/c1-13-6-4-5-7-14(13)12-20-8-10-21(11-9-20)17(22)15-16(23-2)19-25-18(15)24-3/h4-7H,8-12H2,1-3H3. The molecule has 0 atom stereocenters. The van der Waals surface area contributed by atoms with E-state index >= 15 is 0 Å². The number of benzene rings is 1. The van der Waals surface area contributed by atoms with Crippen LogP contribution < -0.4 is 0 Å². The third-order valence-electron chi connectivity index (χ3n) is 4.54. The molecule has 0 bridgehead atoms. The summed E-state index contributed by atoms with van der Waals surface area (Å²) in [5.41, 5.74) is 3.51. The highest BCUT2D eigenvalue weighted by Gasteiger charge is 2.27. The molecule has 1 fully saturated rings. The lowest BCUT2D eigenvalue weighted by Gasteiger charge is -2.35. The average Bonchev–Trinajstić information content (AvgIpc) is 3.07. The Kier molecular flexibility index (Phi) is 6.44. The second-order valence-electron chi connectivity index (χ2n) is 6.05. The fraction of sp³-hybridized carbons (Fsp3) is 0.444. The van der Waals surface area contributed by atoms with Crippen molar-refractivity contribution in [1.82, 2.24) is 14.2 Å². The summed E-state index contributed by atoms with van der Waals surface area (Å²) in [5.74, 6) is 0.137. The Labute approximate surface area is 162 Å². The summed E-state index contributed by atoms with van der Waals surface area (Å²) in [5, 5.41) is 0.863. The van der Waals surface area contributed by atoms with Crippen molar-refractivity contribution in [2.24, 2.45) is 0 Å². The summed E-state index contributed by atoms with van der Waals surface area (Å²) >= 11 is 4.60. The van der Waals surface area contributed by atoms with Crippen LogP contribution in [0.15, 0.2) is 33.5 Å². The molecule has 1 aromatic carbocycles. The second-order valence-corrected chi connectivity index (χ2v) is 8.70. The van der Waals surface area contributed by atoms with E-state index in [0.717, 1.165) is 47.5 Å². The van der Waals surface area contributed by atoms with Crippen molar-refractivity contribution < 1.29 is 4.79 Å². The van der Waals surface area contributed by atoms with Gasteiger partial charge in [0, 0.05) is 32.7 Å². The third-order valence-corrected chi connectivity index (χ3v) is 7.28. The summed E-state index contributed by atoms with van der Waals surface area (Å²) < 4.78 is 5.45. The molecule has 7 heteroatoms. The van der Waals surface area contributed by atoms with Crippen molar-refractivity contribution in [3.8, 4) is 0 Å². The van der Waals surface area contributed by atoms with Gasteiger partial charge in [-0.3, -0.25) is 9.69 Å². The molecular weight excluding hydrogens is 370 g/mol. The van der Waals surface area contributed by atoms with Crippen molar-refractivity contribution in [2.45, 2.75) is 22.7 Å². The number of carbonyl (C=O) groups excluding carboxylic acids is 1. The normalized spacial score (nSPS) is 15.6. The van der Waals surface area contributed by atoms with Gasteiger partial charge >= 0.3 is 0 Å². The largest absolute Gasteiger partial charge is 0.336 e. The molecule has 134 valence electrons. The highest BCUT2D eigenvalue weighted by molar-refractivity contribution is 8.01. The first-order chi connectivity index (χ1) is 12.1. The van der Waals surface area contributed by atoms with Crippen LogP contribution in [0.25, 0.3) is 0 Å². The van der Waals surface area contributed by atoms with Crippen LogP contribution in [0.5, 0.6) is 0 Å². The first-order valence-corrected chi connectivity index (χ1v) is 11.5. The minimum atomic E-state index is 0.137. The molecule has 0 spiro atoms. The molecule has 0 saturated carbocycles. The summed E-state index contributed by atoms with van der Waals surface area (Å²) in [6.07, 6.45) is 3.99. The van der Waals surface area contributed by atoms with Gasteiger partial charge in [-0.1, -0.05) is 24.3 Å². The Bertz CT molecular complexity index is 717. The number of rotatable bonds is 5. The van der Waals surface area contributed by atoms with Crippen molar-refractivity contribution in [2.75, 3.05) is 38.7 Å². The van der Waals surface area contributed by atoms with E-state index < -0.39 is 0 Å². The summed E-state index contributed by atoms with van der Waals surface area (Å²) in [6, 6.07) is 8.53. The number of nitrogens with zero attached hydrogens (tertiary/aromatic N) is 3. The van der Waals surface area contributed by atoms with Crippen molar-refractivity contribution in [3.63, 3.8) is 0 Å². The zero-order valence-electron chi connectivity index (χ0n) is 14.8. The smallest absolute Gasteiger partial charge is 0.258 e. The second kappa shape index (κ2) is 8.58. The fourth-order valence-corrected chi connectivity index (χ4v) is 5.28. The van der Waals surface area contributed by atoms with E-state index in [2.05, 4.69) is 40.5 Å². The Hall–Kier alpha value is -1.02. The molecule has 1 aliphatic heterocycles. The molecule has 25 heavy (non-hydrogen) atoms. The molecule has 1 amide bonds. The molecule has 0 N–H and O–H groups in total. The molecular formula is C18H23N3OS3. The number of aryl methyl sites for hydroxylation is 1. The minimum absolute atomic E-state index is 0.137. The van der Waals surface area contributed by atoms with E-state index in [4.69, 9.17) is 0 Å². The van der Waals surface area contributed by atoms with Crippen LogP contribution in [0.1, 0.15) is 21.5 Å². The van der Waals surface area contributed by atoms with Crippen molar-refractivity contribution >= 4 is 41.0 Å². The van der Waals surface area contributed by atoms with Gasteiger partial charge in [0.25, 0.3) is 5.91 Å². The van der Waals surface area contributed by atoms with Crippen molar-refractivity contribution in [3.05, 3.63) is 41.0 Å². The molecule has 3 rings (SSSR count). The first-order valence-electron chi connectivity index (χ1n) is 8.27. The molecule has 1 aliphatic rings. The monoisotopic (exact) mass is 393 g/mol. The predicted molar refractivity (Wildman–Crippen MR) is 108 cm³/mol. The first kappa shape index (κ1) is 18.8. The molecule has 4 nitrogen and oxygen atoms in total. The van der Waals surface area contributed by atoms with Gasteiger partial charge < -0.3 is 4.90 Å². The summed E-state index contributed by atoms with van der Waals surface area (Å²) in [7, 11) is 0. The van der Waals surface area contributed by atoms with Gasteiger partial charge in [-0.2, -0.15) is 4.37 Å². The van der Waals surface area contributed by atoms with Crippen LogP contribution in [0.2, 0.25) is 0 Å². The van der Waals surface area contributed by atoms with E-state index in [1.807, 2.05) is 17.4 Å². The number of amides is 1. The van der Waals surface area contributed by atoms with E-state index in [1.54, 1.807) is 23.5 Å². The number of hydrogen-bond donors (Lipinski definition) is 0. The van der Waals surface area contributed by atoms with Crippen LogP contribution in [-0.4, -0.2) is 58.8 Å². The van der Waals surface area contributed by atoms with Gasteiger partial charge in [0.15, 0.2) is 0 Å². The number of aromatic nitrogens is 1. The van der Waals surface area contributed by atoms with Gasteiger partial charge in [0.05, 0.1) is 9.77 Å². The molecule has 2 heterocycles. The van der Waals surface area contributed by atoms with E-state index in [9.17, 15) is 4.79 Å². The van der Waals surface area contributed by atoms with Crippen LogP contribution >= 0.6 is 35.1 Å². The maximum absolute atomic E-state index is 13.0. The van der Waals surface area contributed by atoms with Gasteiger partial charge in [0.2, 0.25) is 0 Å². The number of carbonyl (C=O) groups is 1. The predicted octanol–water partition coefficient (Wildman–Crippen LogP) is 3.85. The number of piperazine rings is 1. The quantitative estimate of drug-likeness (QED) is 0.721. The molecule has 0 unspecified atom stereocenters. The Balaban J connectivity index is 1.63. The molecule has 1 saturated heterocycles. The number of thioether (sulfide) groups is 2. The van der Waals surface area contributed by atoms with Crippen LogP contribution in [0, 0.1) is 6.92 Å². The SMILES string of the molecule is CSc1nsc(SC)c1C(=O)N1CCN(Cc2ccccc2C)CC1. The van der Waals surface area contributed by atoms with E-state index in [-0.39, 0.29) is 5.91 Å². The van der Waals surface area contributed by atoms with Gasteiger partial charge in [-0.15, -0.1) is 23.5 Å². The van der Waals surface area contributed by atoms with Crippen LogP contribution in [-0.2, 0) is 6.54 Å². The Morgan fingerprint density at radius 1 is 1.16 bits per heavy atom. The topological polar surface area (TPSA) is 36.4 Å². The van der Waals surface area contributed by atoms with Gasteiger partial charge in [0.1, 0.15) is 5.03 Å². The zero-order valence-corrected chi connectivity index (χ0v) is 17.3. The van der Waals surface area contributed by atoms with Crippen molar-refractivity contribution in [1.29, 1.82) is 0 Å². The zero-order chi connectivity index (χ0) is 17.8. The van der Waals surface area contributed by atoms with Gasteiger partial charge in [-0.25, -0.2) is 0 Å². The maximum Gasteiger partial charge on any atom is 0.258 e. The lowest BCUT2D eigenvalue weighted by molar-refractivity contribution is 0.0622. The molecule has 1 aromatic heterocycles. The summed E-state index contributed by atoms with van der Waals surface area (Å²) in [6.45, 7) is 6.51. The lowest BCUT2D eigenvalue weighted by Crippen LogP contribution is -2.48. The average molecular weight is 394 g/mol. The Morgan fingerprint density at radius 2 is 1.88 bits per heavy atom.